The summed E-state index contributed by atoms with van der Waals surface area (Å²) in [5.41, 5.74) is 0.636. The maximum absolute atomic E-state index is 13.8. The van der Waals surface area contributed by atoms with E-state index in [2.05, 4.69) is 31.9 Å². The van der Waals surface area contributed by atoms with Crippen LogP contribution in [0.2, 0.25) is 5.02 Å². The summed E-state index contributed by atoms with van der Waals surface area (Å²) in [4.78, 5) is 54.5. The lowest BCUT2D eigenvalue weighted by atomic mass is 9.81. The molecule has 1 aliphatic carbocycles. The van der Waals surface area contributed by atoms with Crippen molar-refractivity contribution in [1.29, 1.82) is 0 Å². The number of rotatable bonds is 6. The molecule has 1 heterocycles. The van der Waals surface area contributed by atoms with Gasteiger partial charge in [-0.05, 0) is 43.5 Å². The van der Waals surface area contributed by atoms with Gasteiger partial charge in [0.15, 0.2) is 5.78 Å². The summed E-state index contributed by atoms with van der Waals surface area (Å²) in [7, 11) is 0. The average Bonchev–Trinajstić information content (AvgIpc) is 3.07. The Kier molecular flexibility index (Phi) is 7.60. The molecule has 5 atom stereocenters. The quantitative estimate of drug-likeness (QED) is 0.254. The average molecular weight is 611 g/mol. The number of nitrogens with zero attached hydrogens (tertiary/aromatic N) is 2. The van der Waals surface area contributed by atoms with Crippen LogP contribution >= 0.6 is 43.5 Å². The lowest BCUT2D eigenvalue weighted by Gasteiger charge is -2.36. The number of ketones is 1. The van der Waals surface area contributed by atoms with Crippen molar-refractivity contribution >= 4 is 67.0 Å². The van der Waals surface area contributed by atoms with E-state index in [4.69, 9.17) is 11.6 Å². The predicted octanol–water partition coefficient (Wildman–Crippen LogP) is 5.28. The van der Waals surface area contributed by atoms with Crippen molar-refractivity contribution in [3.05, 3.63) is 70.7 Å². The first-order valence-electron chi connectivity index (χ1n) is 11.1. The highest BCUT2D eigenvalue weighted by atomic mass is 79.9. The molecule has 0 aromatic heterocycles. The fraction of sp³-hybridized carbons (Fsp3) is 0.360. The predicted molar refractivity (Wildman–Crippen MR) is 136 cm³/mol. The highest BCUT2D eigenvalue weighted by Crippen LogP contribution is 2.44. The van der Waals surface area contributed by atoms with Crippen LogP contribution in [0.15, 0.2) is 54.6 Å². The van der Waals surface area contributed by atoms with Crippen molar-refractivity contribution in [3.63, 3.8) is 0 Å². The molecule has 0 unspecified atom stereocenters. The first kappa shape index (κ1) is 25.1. The number of hydrazine groups is 1. The van der Waals surface area contributed by atoms with Crippen LogP contribution in [0.5, 0.6) is 0 Å². The molecule has 0 N–H and O–H groups in total. The topological polar surface area (TPSA) is 74.8 Å². The summed E-state index contributed by atoms with van der Waals surface area (Å²) in [5.74, 6) is -2.91. The molecule has 2 fully saturated rings. The Labute approximate surface area is 219 Å². The number of alkyl halides is 2. The number of fused-ring (bicyclic) bond motifs is 1. The molecule has 1 saturated carbocycles. The van der Waals surface area contributed by atoms with Crippen LogP contribution in [0.1, 0.15) is 46.9 Å². The Hall–Kier alpha value is -2.03. The second-order valence-electron chi connectivity index (χ2n) is 8.52. The molecule has 2 aromatic rings. The summed E-state index contributed by atoms with van der Waals surface area (Å²) in [5, 5.41) is 2.46. The number of halogens is 3. The highest BCUT2D eigenvalue weighted by Gasteiger charge is 2.56. The van der Waals surface area contributed by atoms with Gasteiger partial charge < -0.3 is 0 Å². The van der Waals surface area contributed by atoms with E-state index in [1.807, 2.05) is 0 Å². The largest absolute Gasteiger partial charge is 0.292 e. The van der Waals surface area contributed by atoms with Gasteiger partial charge in [0.2, 0.25) is 0 Å². The third-order valence-corrected chi connectivity index (χ3v) is 9.43. The minimum atomic E-state index is -1.03. The summed E-state index contributed by atoms with van der Waals surface area (Å²) >= 11 is 13.2. The van der Waals surface area contributed by atoms with Crippen molar-refractivity contribution < 1.29 is 19.2 Å². The van der Waals surface area contributed by atoms with E-state index in [1.165, 1.54) is 12.1 Å². The second-order valence-corrected chi connectivity index (χ2v) is 11.3. The number of carbonyl (C=O) groups is 4. The lowest BCUT2D eigenvalue weighted by molar-refractivity contribution is -0.156. The van der Waals surface area contributed by atoms with Crippen LogP contribution in [-0.2, 0) is 9.59 Å². The number of benzene rings is 2. The number of hydrogen-bond acceptors (Lipinski definition) is 4. The normalized spacial score (nSPS) is 25.1. The van der Waals surface area contributed by atoms with Gasteiger partial charge in [-0.2, -0.15) is 5.01 Å². The monoisotopic (exact) mass is 608 g/mol. The number of carbonyl (C=O) groups excluding carboxylic acids is 4. The van der Waals surface area contributed by atoms with E-state index in [-0.39, 0.29) is 27.4 Å². The fourth-order valence-corrected chi connectivity index (χ4v) is 6.01. The molecule has 9 heteroatoms. The van der Waals surface area contributed by atoms with Gasteiger partial charge in [-0.25, -0.2) is 5.01 Å². The van der Waals surface area contributed by atoms with Crippen molar-refractivity contribution in [2.75, 3.05) is 0 Å². The molecule has 2 aromatic carbocycles. The van der Waals surface area contributed by atoms with Crippen LogP contribution in [-0.4, -0.2) is 49.2 Å². The molecule has 0 spiro atoms. The summed E-state index contributed by atoms with van der Waals surface area (Å²) in [6, 6.07) is 13.7. The van der Waals surface area contributed by atoms with Crippen molar-refractivity contribution in [3.8, 4) is 0 Å². The van der Waals surface area contributed by atoms with E-state index in [9.17, 15) is 19.2 Å². The molecule has 6 nitrogen and oxygen atoms in total. The Bertz CT molecular complexity index is 1080. The number of imide groups is 1. The smallest absolute Gasteiger partial charge is 0.273 e. The molecule has 0 bridgehead atoms. The summed E-state index contributed by atoms with van der Waals surface area (Å²) < 4.78 is 0. The minimum Gasteiger partial charge on any atom is -0.292 e. The van der Waals surface area contributed by atoms with Gasteiger partial charge >= 0.3 is 0 Å². The zero-order valence-electron chi connectivity index (χ0n) is 18.4. The maximum atomic E-state index is 13.8. The Morgan fingerprint density at radius 1 is 0.941 bits per heavy atom. The van der Waals surface area contributed by atoms with Gasteiger partial charge in [-0.1, -0.05) is 80.7 Å². The molecule has 0 radical (unpaired) electrons. The Morgan fingerprint density at radius 2 is 1.47 bits per heavy atom. The maximum Gasteiger partial charge on any atom is 0.273 e. The van der Waals surface area contributed by atoms with Crippen molar-refractivity contribution in [2.45, 2.75) is 41.9 Å². The third-order valence-electron chi connectivity index (χ3n) is 6.45. The summed E-state index contributed by atoms with van der Waals surface area (Å²) in [6.07, 6.45) is 1.16. The molecular weight excluding hydrogens is 588 g/mol. The van der Waals surface area contributed by atoms with Gasteiger partial charge in [0.1, 0.15) is 6.04 Å². The first-order valence-corrected chi connectivity index (χ1v) is 13.3. The van der Waals surface area contributed by atoms with Gasteiger partial charge in [-0.15, -0.1) is 0 Å². The van der Waals surface area contributed by atoms with E-state index in [0.29, 0.717) is 23.4 Å². The van der Waals surface area contributed by atoms with Crippen LogP contribution < -0.4 is 0 Å². The van der Waals surface area contributed by atoms with Gasteiger partial charge in [-0.3, -0.25) is 19.2 Å². The Balaban J connectivity index is 1.78. The van der Waals surface area contributed by atoms with Gasteiger partial charge in [0.25, 0.3) is 17.7 Å². The van der Waals surface area contributed by atoms with Crippen LogP contribution in [0.3, 0.4) is 0 Å². The molecule has 1 aliphatic heterocycles. The number of amides is 3. The van der Waals surface area contributed by atoms with E-state index in [1.54, 1.807) is 49.4 Å². The SMILES string of the molecule is CC[C@H](C(=O)c1ccccc1)N(C(=O)c1ccc(Cl)cc1)N1C(=O)[C@@H]2C[C@@H](Br)[C@@H](Br)C[C@H]2C1=O. The van der Waals surface area contributed by atoms with Crippen molar-refractivity contribution in [2.24, 2.45) is 11.8 Å². The Morgan fingerprint density at radius 3 is 1.97 bits per heavy atom. The standard InChI is InChI=1S/C25H23Br2ClN2O4/c1-2-21(22(31)14-6-4-3-5-7-14)29(23(32)15-8-10-16(28)11-9-15)30-24(33)17-12-19(26)20(27)13-18(17)25(30)34/h3-11,17-21H,2,12-13H2,1H3/t17-,18-,19-,20+,21-/m1/s1. The van der Waals surface area contributed by atoms with Crippen LogP contribution in [0.25, 0.3) is 0 Å². The number of Topliss-reactive ketones (excluding diaryl/α,β-unsaturated/α-hetero) is 1. The second kappa shape index (κ2) is 10.3. The van der Waals surface area contributed by atoms with Gasteiger partial charge in [0, 0.05) is 25.8 Å². The zero-order chi connectivity index (χ0) is 24.6. The van der Waals surface area contributed by atoms with Crippen LogP contribution in [0.4, 0.5) is 0 Å². The molecule has 2 aliphatic rings. The van der Waals surface area contributed by atoms with E-state index >= 15 is 0 Å². The molecule has 178 valence electrons. The molecule has 1 saturated heterocycles. The molecule has 34 heavy (non-hydrogen) atoms. The fourth-order valence-electron chi connectivity index (χ4n) is 4.65. The highest BCUT2D eigenvalue weighted by molar-refractivity contribution is 9.12. The van der Waals surface area contributed by atoms with E-state index in [0.717, 1.165) is 10.0 Å². The molecule has 3 amide bonds. The number of hydrogen-bond donors (Lipinski definition) is 0. The molecule has 4 rings (SSSR count). The zero-order valence-corrected chi connectivity index (χ0v) is 22.3. The third kappa shape index (κ3) is 4.60. The first-order chi connectivity index (χ1) is 16.2. The molecular formula is C25H23Br2ClN2O4. The summed E-state index contributed by atoms with van der Waals surface area (Å²) in [6.45, 7) is 1.76. The van der Waals surface area contributed by atoms with Crippen LogP contribution in [0, 0.1) is 11.8 Å². The van der Waals surface area contributed by atoms with Gasteiger partial charge in [0.05, 0.1) is 11.8 Å². The lowest BCUT2D eigenvalue weighted by Crippen LogP contribution is -2.57. The van der Waals surface area contributed by atoms with Crippen molar-refractivity contribution in [1.82, 2.24) is 10.0 Å². The van der Waals surface area contributed by atoms with E-state index < -0.39 is 35.6 Å². The minimum absolute atomic E-state index is 0.0267.